The lowest BCUT2D eigenvalue weighted by Gasteiger charge is -2.15. The number of hydrogen-bond donors (Lipinski definition) is 0. The van der Waals surface area contributed by atoms with Crippen molar-refractivity contribution in [1.29, 1.82) is 0 Å². The Labute approximate surface area is 301 Å². The zero-order valence-corrected chi connectivity index (χ0v) is 28.6. The Morgan fingerprint density at radius 1 is 0.500 bits per heavy atom. The fourth-order valence-corrected chi connectivity index (χ4v) is 7.11. The molecule has 9 rings (SSSR count). The summed E-state index contributed by atoms with van der Waals surface area (Å²) in [5, 5.41) is 0. The molecule has 0 fully saturated rings. The molecule has 0 atom stereocenters. The van der Waals surface area contributed by atoms with Crippen LogP contribution in [0.25, 0.3) is 84.3 Å². The van der Waals surface area contributed by atoms with Crippen LogP contribution in [-0.4, -0.2) is 28.7 Å². The summed E-state index contributed by atoms with van der Waals surface area (Å²) in [6, 6.07) is 52.3. The van der Waals surface area contributed by atoms with Crippen LogP contribution in [0.5, 0.6) is 0 Å². The molecule has 52 heavy (non-hydrogen) atoms. The van der Waals surface area contributed by atoms with Crippen LogP contribution >= 0.6 is 0 Å². The second-order valence-electron chi connectivity index (χ2n) is 12.6. The molecule has 3 aromatic heterocycles. The van der Waals surface area contributed by atoms with Gasteiger partial charge in [0, 0.05) is 33.8 Å². The van der Waals surface area contributed by atoms with Gasteiger partial charge in [0.25, 0.3) is 0 Å². The SMILES string of the molecule is C=C/C=C(\C=C/C)n1c(-c2cc(-c3nc4ccccc4n3-c3ccccc3)cc(-c3nc4ccccc4n3-c3ccccc3)c2)nc2ccccc21. The Bertz CT molecular complexity index is 2680. The number of rotatable bonds is 8. The topological polar surface area (TPSA) is 53.5 Å². The van der Waals surface area contributed by atoms with E-state index in [1.807, 2.05) is 55.5 Å². The van der Waals surface area contributed by atoms with Crippen molar-refractivity contribution in [3.05, 3.63) is 183 Å². The van der Waals surface area contributed by atoms with Crippen molar-refractivity contribution < 1.29 is 0 Å². The zero-order valence-electron chi connectivity index (χ0n) is 28.6. The first-order chi connectivity index (χ1) is 25.7. The molecule has 0 bridgehead atoms. The van der Waals surface area contributed by atoms with Gasteiger partial charge in [-0.05, 0) is 97.9 Å². The Morgan fingerprint density at radius 2 is 0.904 bits per heavy atom. The first-order valence-electron chi connectivity index (χ1n) is 17.4. The molecule has 3 heterocycles. The second-order valence-corrected chi connectivity index (χ2v) is 12.6. The standard InChI is InChI=1S/C46H34N6/c1-3-17-35(18-4-2)50-41-26-14-11-23-38(41)47-44(50)32-29-33(45-48-39-24-12-15-27-42(39)51(45)36-19-7-5-8-20-36)31-34(30-32)46-49-40-25-13-16-28-43(40)52(46)37-21-9-6-10-22-37/h3-31H,1H2,2H3/b18-4-,35-17+. The van der Waals surface area contributed by atoms with E-state index < -0.39 is 0 Å². The summed E-state index contributed by atoms with van der Waals surface area (Å²) in [5.74, 6) is 2.46. The Hall–Kier alpha value is -7.05. The van der Waals surface area contributed by atoms with Crippen molar-refractivity contribution in [2.45, 2.75) is 6.92 Å². The predicted octanol–water partition coefficient (Wildman–Crippen LogP) is 11.3. The van der Waals surface area contributed by atoms with Gasteiger partial charge in [0.2, 0.25) is 0 Å². The third-order valence-corrected chi connectivity index (χ3v) is 9.30. The molecule has 0 saturated carbocycles. The minimum absolute atomic E-state index is 0.806. The number of hydrogen-bond acceptors (Lipinski definition) is 3. The molecule has 248 valence electrons. The first kappa shape index (κ1) is 31.0. The fourth-order valence-electron chi connectivity index (χ4n) is 7.11. The maximum atomic E-state index is 5.28. The number of nitrogens with zero attached hydrogens (tertiary/aromatic N) is 6. The minimum Gasteiger partial charge on any atom is -0.292 e. The van der Waals surface area contributed by atoms with Crippen molar-refractivity contribution in [1.82, 2.24) is 28.7 Å². The molecular weight excluding hydrogens is 637 g/mol. The number of aromatic nitrogens is 6. The maximum absolute atomic E-state index is 5.28. The predicted molar refractivity (Wildman–Crippen MR) is 215 cm³/mol. The summed E-state index contributed by atoms with van der Waals surface area (Å²) in [4.78, 5) is 15.9. The van der Waals surface area contributed by atoms with Crippen molar-refractivity contribution in [3.8, 4) is 45.5 Å². The van der Waals surface area contributed by atoms with Crippen LogP contribution in [0.2, 0.25) is 0 Å². The smallest absolute Gasteiger partial charge is 0.145 e. The van der Waals surface area contributed by atoms with Gasteiger partial charge in [-0.1, -0.05) is 91.5 Å². The van der Waals surface area contributed by atoms with Gasteiger partial charge in [-0.25, -0.2) is 15.0 Å². The molecule has 6 heteroatoms. The van der Waals surface area contributed by atoms with E-state index in [0.29, 0.717) is 0 Å². The highest BCUT2D eigenvalue weighted by atomic mass is 15.1. The van der Waals surface area contributed by atoms with E-state index >= 15 is 0 Å². The molecule has 0 N–H and O–H groups in total. The summed E-state index contributed by atoms with van der Waals surface area (Å²) in [6.45, 7) is 6.06. The van der Waals surface area contributed by atoms with Crippen LogP contribution < -0.4 is 0 Å². The fraction of sp³-hybridized carbons (Fsp3) is 0.0217. The largest absolute Gasteiger partial charge is 0.292 e. The van der Waals surface area contributed by atoms with Gasteiger partial charge in [-0.3, -0.25) is 13.7 Å². The molecule has 9 aromatic rings. The number of para-hydroxylation sites is 8. The summed E-state index contributed by atoms with van der Waals surface area (Å²) >= 11 is 0. The van der Waals surface area contributed by atoms with E-state index in [9.17, 15) is 0 Å². The van der Waals surface area contributed by atoms with E-state index in [1.165, 1.54) is 0 Å². The van der Waals surface area contributed by atoms with Crippen LogP contribution in [-0.2, 0) is 0 Å². The van der Waals surface area contributed by atoms with Crippen molar-refractivity contribution in [2.75, 3.05) is 0 Å². The van der Waals surface area contributed by atoms with Gasteiger partial charge in [-0.15, -0.1) is 0 Å². The molecule has 0 aliphatic heterocycles. The number of imidazole rings is 3. The molecule has 0 unspecified atom stereocenters. The van der Waals surface area contributed by atoms with Gasteiger partial charge in [0.15, 0.2) is 0 Å². The summed E-state index contributed by atoms with van der Waals surface area (Å²) in [7, 11) is 0. The summed E-state index contributed by atoms with van der Waals surface area (Å²) in [5.41, 5.74) is 11.6. The minimum atomic E-state index is 0.806. The van der Waals surface area contributed by atoms with E-state index in [0.717, 1.165) is 84.3 Å². The molecule has 6 aromatic carbocycles. The highest BCUT2D eigenvalue weighted by molar-refractivity contribution is 5.91. The van der Waals surface area contributed by atoms with Gasteiger partial charge in [-0.2, -0.15) is 0 Å². The number of allylic oxidation sites excluding steroid dienone is 5. The molecule has 0 spiro atoms. The number of fused-ring (bicyclic) bond motifs is 3. The van der Waals surface area contributed by atoms with Gasteiger partial charge >= 0.3 is 0 Å². The Kier molecular flexibility index (Phi) is 7.75. The van der Waals surface area contributed by atoms with Crippen molar-refractivity contribution >= 4 is 38.8 Å². The van der Waals surface area contributed by atoms with Gasteiger partial charge < -0.3 is 0 Å². The van der Waals surface area contributed by atoms with Crippen LogP contribution in [0, 0.1) is 0 Å². The molecule has 0 aliphatic carbocycles. The van der Waals surface area contributed by atoms with E-state index in [-0.39, 0.29) is 0 Å². The van der Waals surface area contributed by atoms with E-state index in [2.05, 4.69) is 148 Å². The van der Waals surface area contributed by atoms with Crippen LogP contribution in [0.15, 0.2) is 183 Å². The van der Waals surface area contributed by atoms with Crippen molar-refractivity contribution in [3.63, 3.8) is 0 Å². The highest BCUT2D eigenvalue weighted by Crippen LogP contribution is 2.38. The lowest BCUT2D eigenvalue weighted by molar-refractivity contribution is 1.09. The van der Waals surface area contributed by atoms with E-state index in [1.54, 1.807) is 0 Å². The zero-order chi connectivity index (χ0) is 35.0. The van der Waals surface area contributed by atoms with Crippen LogP contribution in [0.1, 0.15) is 6.92 Å². The van der Waals surface area contributed by atoms with Gasteiger partial charge in [0.1, 0.15) is 17.5 Å². The van der Waals surface area contributed by atoms with Crippen LogP contribution in [0.4, 0.5) is 0 Å². The Morgan fingerprint density at radius 3 is 1.38 bits per heavy atom. The molecule has 0 saturated heterocycles. The second kappa shape index (κ2) is 13.0. The summed E-state index contributed by atoms with van der Waals surface area (Å²) < 4.78 is 6.69. The molecular formula is C46H34N6. The average Bonchev–Trinajstić information content (AvgIpc) is 3.90. The molecule has 6 nitrogen and oxygen atoms in total. The first-order valence-corrected chi connectivity index (χ1v) is 17.4. The summed E-state index contributed by atoms with van der Waals surface area (Å²) in [6.07, 6.45) is 7.97. The highest BCUT2D eigenvalue weighted by Gasteiger charge is 2.22. The lowest BCUT2D eigenvalue weighted by atomic mass is 10.0. The third kappa shape index (κ3) is 5.25. The van der Waals surface area contributed by atoms with E-state index in [4.69, 9.17) is 15.0 Å². The Balaban J connectivity index is 1.40. The average molecular weight is 671 g/mol. The lowest BCUT2D eigenvalue weighted by Crippen LogP contribution is -2.02. The maximum Gasteiger partial charge on any atom is 0.145 e. The normalized spacial score (nSPS) is 12.1. The monoisotopic (exact) mass is 670 g/mol. The van der Waals surface area contributed by atoms with Crippen LogP contribution in [0.3, 0.4) is 0 Å². The number of benzene rings is 6. The molecule has 0 amide bonds. The third-order valence-electron chi connectivity index (χ3n) is 9.30. The van der Waals surface area contributed by atoms with Gasteiger partial charge in [0.05, 0.1) is 33.1 Å². The molecule has 0 radical (unpaired) electrons. The molecule has 0 aliphatic rings. The quantitative estimate of drug-likeness (QED) is 0.151. The van der Waals surface area contributed by atoms with Crippen molar-refractivity contribution in [2.24, 2.45) is 0 Å².